The average molecular weight is 585 g/mol. The van der Waals surface area contributed by atoms with Crippen LogP contribution in [0.1, 0.15) is 27.2 Å². The molecule has 3 aromatic heterocycles. The third-order valence-electron chi connectivity index (χ3n) is 6.95. The topological polar surface area (TPSA) is 108 Å². The lowest BCUT2D eigenvalue weighted by atomic mass is 9.97. The highest BCUT2D eigenvalue weighted by atomic mass is 35.5. The Bertz CT molecular complexity index is 2090. The van der Waals surface area contributed by atoms with Crippen LogP contribution in [-0.2, 0) is 16.4 Å². The first-order valence-electron chi connectivity index (χ1n) is 12.6. The SMILES string of the molecule is Cc1ccc(S(=O)(=O)n2c(Cc3ccccc3)c(-c3cc(F)c4nccc(Cl)c4c3)c3cc(C(N)=O)cnc32)cc1. The first-order valence-corrected chi connectivity index (χ1v) is 14.4. The van der Waals surface area contributed by atoms with Crippen LogP contribution in [0.4, 0.5) is 4.39 Å². The lowest BCUT2D eigenvalue weighted by molar-refractivity contribution is 0.1000. The third-order valence-corrected chi connectivity index (χ3v) is 9.03. The van der Waals surface area contributed by atoms with Crippen molar-refractivity contribution in [2.45, 2.75) is 18.2 Å². The van der Waals surface area contributed by atoms with Crippen molar-refractivity contribution in [3.8, 4) is 11.1 Å². The van der Waals surface area contributed by atoms with Crippen LogP contribution in [-0.4, -0.2) is 28.3 Å². The number of primary amides is 1. The van der Waals surface area contributed by atoms with Gasteiger partial charge in [-0.15, -0.1) is 0 Å². The van der Waals surface area contributed by atoms with E-state index in [2.05, 4.69) is 9.97 Å². The van der Waals surface area contributed by atoms with Crippen molar-refractivity contribution in [3.05, 3.63) is 124 Å². The maximum atomic E-state index is 15.5. The van der Waals surface area contributed by atoms with Gasteiger partial charge in [0.2, 0.25) is 5.91 Å². The van der Waals surface area contributed by atoms with Crippen LogP contribution >= 0.6 is 11.6 Å². The molecule has 0 saturated carbocycles. The average Bonchev–Trinajstić information content (AvgIpc) is 3.28. The normalized spacial score (nSPS) is 11.8. The number of fused-ring (bicyclic) bond motifs is 2. The van der Waals surface area contributed by atoms with E-state index >= 15 is 4.39 Å². The Kier molecular flexibility index (Phi) is 6.56. The van der Waals surface area contributed by atoms with Gasteiger partial charge in [-0.2, -0.15) is 0 Å². The molecule has 0 aliphatic carbocycles. The Balaban J connectivity index is 1.77. The summed E-state index contributed by atoms with van der Waals surface area (Å²) in [6.45, 7) is 1.86. The molecule has 0 spiro atoms. The van der Waals surface area contributed by atoms with E-state index in [4.69, 9.17) is 17.3 Å². The molecular formula is C31H22ClFN4O3S. The highest BCUT2D eigenvalue weighted by Crippen LogP contribution is 2.40. The van der Waals surface area contributed by atoms with E-state index in [9.17, 15) is 13.2 Å². The quantitative estimate of drug-likeness (QED) is 0.248. The van der Waals surface area contributed by atoms with Gasteiger partial charge >= 0.3 is 0 Å². The van der Waals surface area contributed by atoms with E-state index in [-0.39, 0.29) is 33.1 Å². The summed E-state index contributed by atoms with van der Waals surface area (Å²) in [5, 5.41) is 0.963. The third kappa shape index (κ3) is 4.63. The summed E-state index contributed by atoms with van der Waals surface area (Å²) < 4.78 is 45.2. The van der Waals surface area contributed by atoms with Gasteiger partial charge in [0.05, 0.1) is 15.5 Å². The molecule has 0 fully saturated rings. The summed E-state index contributed by atoms with van der Waals surface area (Å²) in [6.07, 6.45) is 2.81. The molecule has 0 unspecified atom stereocenters. The lowest BCUT2D eigenvalue weighted by Crippen LogP contribution is -2.17. The zero-order valence-electron chi connectivity index (χ0n) is 21.7. The predicted molar refractivity (Wildman–Crippen MR) is 157 cm³/mol. The van der Waals surface area contributed by atoms with Crippen LogP contribution < -0.4 is 5.73 Å². The fourth-order valence-electron chi connectivity index (χ4n) is 4.99. The van der Waals surface area contributed by atoms with Gasteiger partial charge in [0.15, 0.2) is 5.65 Å². The highest BCUT2D eigenvalue weighted by Gasteiger charge is 2.30. The van der Waals surface area contributed by atoms with Crippen LogP contribution in [0.15, 0.2) is 96.2 Å². The molecule has 7 nitrogen and oxygen atoms in total. The second-order valence-corrected chi connectivity index (χ2v) is 11.9. The van der Waals surface area contributed by atoms with E-state index < -0.39 is 21.7 Å². The Morgan fingerprint density at radius 3 is 2.41 bits per heavy atom. The second kappa shape index (κ2) is 10.1. The standard InChI is InChI=1S/C31H22ClFN4O3S/c1-18-7-9-22(10-8-18)41(39,40)37-27(13-19-5-3-2-4-6-19)28(24-15-21(30(34)38)17-36-31(24)37)20-14-23-25(32)11-12-35-29(23)26(33)16-20/h2-12,14-17H,13H2,1H3,(H2,34,38). The summed E-state index contributed by atoms with van der Waals surface area (Å²) in [6, 6.07) is 21.8. The zero-order valence-corrected chi connectivity index (χ0v) is 23.2. The number of rotatable bonds is 6. The Morgan fingerprint density at radius 2 is 1.71 bits per heavy atom. The number of halogens is 2. The number of pyridine rings is 2. The number of carbonyl (C=O) groups is 1. The molecule has 0 saturated heterocycles. The molecule has 2 N–H and O–H groups in total. The van der Waals surface area contributed by atoms with Crippen molar-refractivity contribution in [2.24, 2.45) is 5.73 Å². The molecular weight excluding hydrogens is 563 g/mol. The molecule has 3 heterocycles. The van der Waals surface area contributed by atoms with Crippen molar-refractivity contribution in [1.29, 1.82) is 0 Å². The van der Waals surface area contributed by atoms with Gasteiger partial charge in [0.1, 0.15) is 11.3 Å². The maximum Gasteiger partial charge on any atom is 0.269 e. The number of hydrogen-bond donors (Lipinski definition) is 1. The molecule has 0 aliphatic heterocycles. The summed E-state index contributed by atoms with van der Waals surface area (Å²) in [4.78, 5) is 20.8. The fourth-order valence-corrected chi connectivity index (χ4v) is 6.70. The van der Waals surface area contributed by atoms with Gasteiger partial charge in [0, 0.05) is 40.8 Å². The van der Waals surface area contributed by atoms with Gasteiger partial charge in [0.25, 0.3) is 10.0 Å². The van der Waals surface area contributed by atoms with Gasteiger partial charge in [-0.05, 0) is 54.4 Å². The van der Waals surface area contributed by atoms with E-state index in [0.29, 0.717) is 27.6 Å². The number of benzene rings is 3. The van der Waals surface area contributed by atoms with Crippen LogP contribution in [0.5, 0.6) is 0 Å². The minimum Gasteiger partial charge on any atom is -0.366 e. The minimum atomic E-state index is -4.21. The molecule has 6 rings (SSSR count). The molecule has 6 aromatic rings. The first kappa shape index (κ1) is 26.6. The molecule has 3 aromatic carbocycles. The fraction of sp³-hybridized carbons (Fsp3) is 0.0645. The predicted octanol–water partition coefficient (Wildman–Crippen LogP) is 6.28. The zero-order chi connectivity index (χ0) is 28.9. The number of nitrogens with zero attached hydrogens (tertiary/aromatic N) is 3. The summed E-state index contributed by atoms with van der Waals surface area (Å²) in [5.41, 5.74) is 8.60. The largest absolute Gasteiger partial charge is 0.366 e. The van der Waals surface area contributed by atoms with Crippen molar-refractivity contribution >= 4 is 49.5 Å². The number of amides is 1. The number of carbonyl (C=O) groups excluding carboxylic acids is 1. The first-order chi connectivity index (χ1) is 19.6. The number of aryl methyl sites for hydroxylation is 1. The van der Waals surface area contributed by atoms with Crippen molar-refractivity contribution < 1.29 is 17.6 Å². The molecule has 41 heavy (non-hydrogen) atoms. The van der Waals surface area contributed by atoms with Gasteiger partial charge < -0.3 is 5.73 Å². The van der Waals surface area contributed by atoms with Crippen molar-refractivity contribution in [3.63, 3.8) is 0 Å². The van der Waals surface area contributed by atoms with Crippen LogP contribution in [0.3, 0.4) is 0 Å². The summed E-state index contributed by atoms with van der Waals surface area (Å²) >= 11 is 6.43. The van der Waals surface area contributed by atoms with Crippen molar-refractivity contribution in [2.75, 3.05) is 0 Å². The Labute approximate surface area is 240 Å². The van der Waals surface area contributed by atoms with E-state index in [1.165, 1.54) is 40.6 Å². The molecule has 204 valence electrons. The smallest absolute Gasteiger partial charge is 0.269 e. The molecule has 0 aliphatic rings. The number of aromatic nitrogens is 3. The van der Waals surface area contributed by atoms with E-state index in [0.717, 1.165) is 11.1 Å². The van der Waals surface area contributed by atoms with E-state index in [1.54, 1.807) is 24.3 Å². The second-order valence-electron chi connectivity index (χ2n) is 9.67. The van der Waals surface area contributed by atoms with Crippen molar-refractivity contribution in [1.82, 2.24) is 13.9 Å². The molecule has 0 radical (unpaired) electrons. The monoisotopic (exact) mass is 584 g/mol. The molecule has 0 atom stereocenters. The van der Waals surface area contributed by atoms with Gasteiger partial charge in [-0.25, -0.2) is 21.8 Å². The minimum absolute atomic E-state index is 0.0542. The molecule has 1 amide bonds. The van der Waals surface area contributed by atoms with Crippen LogP contribution in [0.2, 0.25) is 5.02 Å². The van der Waals surface area contributed by atoms with Gasteiger partial charge in [-0.3, -0.25) is 9.78 Å². The number of nitrogens with two attached hydrogens (primary N) is 1. The maximum absolute atomic E-state index is 15.5. The molecule has 10 heteroatoms. The van der Waals surface area contributed by atoms with Gasteiger partial charge in [-0.1, -0.05) is 59.6 Å². The van der Waals surface area contributed by atoms with Crippen LogP contribution in [0, 0.1) is 12.7 Å². The van der Waals surface area contributed by atoms with E-state index in [1.807, 2.05) is 37.3 Å². The Hall–Kier alpha value is -4.60. The summed E-state index contributed by atoms with van der Waals surface area (Å²) in [7, 11) is -4.21. The number of hydrogen-bond acceptors (Lipinski definition) is 5. The molecule has 0 bridgehead atoms. The Morgan fingerprint density at radius 1 is 0.976 bits per heavy atom. The summed E-state index contributed by atoms with van der Waals surface area (Å²) in [5.74, 6) is -1.37. The highest BCUT2D eigenvalue weighted by molar-refractivity contribution is 7.90. The van der Waals surface area contributed by atoms with Crippen LogP contribution in [0.25, 0.3) is 33.1 Å². The lowest BCUT2D eigenvalue weighted by Gasteiger charge is -2.14.